The van der Waals surface area contributed by atoms with Gasteiger partial charge in [-0.05, 0) is 75.1 Å². The standard InChI is InChI=1S/C22H25N3OS/c1-16(26-19-7-8-20-21(14-19)24-22(27)23-20)15-25-11-9-18(10-12-25)13-17-5-3-2-4-6-17/h2-8,14,16,18H,9-13,15H2,1H3. The topological polar surface area (TPSA) is 37.2 Å². The van der Waals surface area contributed by atoms with Crippen molar-refractivity contribution in [1.82, 2.24) is 4.90 Å². The molecule has 2 aromatic rings. The Hall–Kier alpha value is -2.11. The Balaban J connectivity index is 1.26. The largest absolute Gasteiger partial charge is 0.489 e. The fraction of sp³-hybridized carbons (Fsp3) is 0.409. The van der Waals surface area contributed by atoms with Crippen molar-refractivity contribution in [3.63, 3.8) is 0 Å². The van der Waals surface area contributed by atoms with Gasteiger partial charge in [-0.25, -0.2) is 9.98 Å². The van der Waals surface area contributed by atoms with Crippen LogP contribution in [0.2, 0.25) is 0 Å². The summed E-state index contributed by atoms with van der Waals surface area (Å²) in [4.78, 5) is 11.0. The van der Waals surface area contributed by atoms with Gasteiger partial charge in [0.05, 0.1) is 10.7 Å². The summed E-state index contributed by atoms with van der Waals surface area (Å²) in [6, 6.07) is 16.7. The number of nitrogens with zero attached hydrogens (tertiary/aromatic N) is 3. The molecule has 5 heteroatoms. The molecule has 0 bridgehead atoms. The average molecular weight is 380 g/mol. The van der Waals surface area contributed by atoms with Crippen molar-refractivity contribution < 1.29 is 4.74 Å². The van der Waals surface area contributed by atoms with E-state index in [0.717, 1.165) is 42.0 Å². The second-order valence-electron chi connectivity index (χ2n) is 7.52. The number of ether oxygens (including phenoxy) is 1. The van der Waals surface area contributed by atoms with E-state index in [-0.39, 0.29) is 6.10 Å². The van der Waals surface area contributed by atoms with Gasteiger partial charge in [-0.1, -0.05) is 30.3 Å². The third-order valence-electron chi connectivity index (χ3n) is 5.31. The van der Waals surface area contributed by atoms with Crippen LogP contribution in [0.3, 0.4) is 0 Å². The minimum absolute atomic E-state index is 0.138. The Morgan fingerprint density at radius 2 is 1.81 bits per heavy atom. The van der Waals surface area contributed by atoms with E-state index >= 15 is 0 Å². The molecule has 4 nitrogen and oxygen atoms in total. The Morgan fingerprint density at radius 1 is 1.07 bits per heavy atom. The minimum Gasteiger partial charge on any atom is -0.489 e. The predicted molar refractivity (Wildman–Crippen MR) is 111 cm³/mol. The molecule has 0 aromatic heterocycles. The summed E-state index contributed by atoms with van der Waals surface area (Å²) in [6.45, 7) is 5.39. The summed E-state index contributed by atoms with van der Waals surface area (Å²) < 4.78 is 6.11. The Labute approximate surface area is 165 Å². The smallest absolute Gasteiger partial charge is 0.220 e. The zero-order valence-electron chi connectivity index (χ0n) is 15.7. The van der Waals surface area contributed by atoms with Gasteiger partial charge in [-0.2, -0.15) is 0 Å². The van der Waals surface area contributed by atoms with E-state index in [4.69, 9.17) is 17.0 Å². The van der Waals surface area contributed by atoms with Crippen molar-refractivity contribution in [2.24, 2.45) is 15.9 Å². The third-order valence-corrected chi connectivity index (χ3v) is 5.49. The molecule has 2 aliphatic heterocycles. The molecule has 2 aliphatic rings. The molecule has 0 aliphatic carbocycles. The first-order valence-corrected chi connectivity index (χ1v) is 10.1. The Kier molecular flexibility index (Phi) is 5.60. The zero-order valence-corrected chi connectivity index (χ0v) is 16.5. The molecule has 1 fully saturated rings. The van der Waals surface area contributed by atoms with Crippen LogP contribution in [0.15, 0.2) is 58.5 Å². The maximum atomic E-state index is 6.11. The van der Waals surface area contributed by atoms with Crippen LogP contribution < -0.4 is 15.5 Å². The third kappa shape index (κ3) is 4.79. The second-order valence-corrected chi connectivity index (χ2v) is 7.88. The van der Waals surface area contributed by atoms with E-state index in [9.17, 15) is 0 Å². The molecule has 0 radical (unpaired) electrons. The van der Waals surface area contributed by atoms with Crippen LogP contribution in [0.25, 0.3) is 0 Å². The summed E-state index contributed by atoms with van der Waals surface area (Å²) >= 11 is 5.03. The van der Waals surface area contributed by atoms with E-state index < -0.39 is 0 Å². The van der Waals surface area contributed by atoms with Crippen molar-refractivity contribution >= 4 is 17.3 Å². The predicted octanol–water partition coefficient (Wildman–Crippen LogP) is 2.95. The summed E-state index contributed by atoms with van der Waals surface area (Å²) in [5.41, 5.74) is 1.46. The lowest BCUT2D eigenvalue weighted by Gasteiger charge is -2.33. The van der Waals surface area contributed by atoms with E-state index in [1.54, 1.807) is 0 Å². The number of fused-ring (bicyclic) bond motifs is 1. The zero-order chi connectivity index (χ0) is 18.6. The number of rotatable bonds is 6. The number of piperidine rings is 1. The summed E-state index contributed by atoms with van der Waals surface area (Å²) in [5, 5.41) is 2.04. The maximum absolute atomic E-state index is 6.11. The number of hydrogen-bond donors (Lipinski definition) is 0. The summed E-state index contributed by atoms with van der Waals surface area (Å²) in [5.74, 6) is 1.63. The molecule has 0 saturated carbocycles. The molecule has 1 unspecified atom stereocenters. The van der Waals surface area contributed by atoms with Gasteiger partial charge in [0, 0.05) is 12.6 Å². The van der Waals surface area contributed by atoms with E-state index in [0.29, 0.717) is 5.11 Å². The summed E-state index contributed by atoms with van der Waals surface area (Å²) in [6.07, 6.45) is 3.86. The van der Waals surface area contributed by atoms with E-state index in [1.165, 1.54) is 24.8 Å². The molecule has 2 aromatic carbocycles. The van der Waals surface area contributed by atoms with Gasteiger partial charge in [0.25, 0.3) is 0 Å². The van der Waals surface area contributed by atoms with Crippen LogP contribution in [-0.2, 0) is 6.42 Å². The first kappa shape index (κ1) is 18.3. The van der Waals surface area contributed by atoms with Gasteiger partial charge in [0.2, 0.25) is 5.11 Å². The van der Waals surface area contributed by atoms with Crippen LogP contribution in [0.5, 0.6) is 5.75 Å². The normalized spacial score (nSPS) is 18.5. The highest BCUT2D eigenvalue weighted by Crippen LogP contribution is 2.22. The quantitative estimate of drug-likeness (QED) is 0.724. The molecule has 0 amide bonds. The van der Waals surface area contributed by atoms with Gasteiger partial charge in [-0.3, -0.25) is 4.90 Å². The summed E-state index contributed by atoms with van der Waals surface area (Å²) in [7, 11) is 0. The lowest BCUT2D eigenvalue weighted by Crippen LogP contribution is -2.40. The molecule has 27 heavy (non-hydrogen) atoms. The van der Waals surface area contributed by atoms with E-state index in [1.807, 2.05) is 18.2 Å². The van der Waals surface area contributed by atoms with Crippen LogP contribution in [0.1, 0.15) is 25.3 Å². The van der Waals surface area contributed by atoms with Gasteiger partial charge in [-0.15, -0.1) is 0 Å². The molecule has 4 rings (SSSR count). The molecule has 0 spiro atoms. The van der Waals surface area contributed by atoms with Gasteiger partial charge < -0.3 is 4.74 Å². The fourth-order valence-corrected chi connectivity index (χ4v) is 4.14. The average Bonchev–Trinajstić information content (AvgIpc) is 3.03. The van der Waals surface area contributed by atoms with Crippen LogP contribution in [-0.4, -0.2) is 35.8 Å². The molecular weight excluding hydrogens is 354 g/mol. The number of hydrogen-bond acceptors (Lipinski definition) is 3. The first-order valence-electron chi connectivity index (χ1n) is 9.70. The lowest BCUT2D eigenvalue weighted by atomic mass is 9.90. The molecular formula is C22H25N3OS. The second kappa shape index (κ2) is 8.28. The Bertz CT molecular complexity index is 920. The molecule has 2 heterocycles. The van der Waals surface area contributed by atoms with Gasteiger partial charge in [0.1, 0.15) is 11.9 Å². The minimum atomic E-state index is 0.138. The highest BCUT2D eigenvalue weighted by Gasteiger charge is 2.21. The lowest BCUT2D eigenvalue weighted by molar-refractivity contribution is 0.114. The highest BCUT2D eigenvalue weighted by molar-refractivity contribution is 7.80. The van der Waals surface area contributed by atoms with Crippen molar-refractivity contribution in [2.75, 3.05) is 19.6 Å². The Morgan fingerprint density at radius 3 is 2.59 bits per heavy atom. The van der Waals surface area contributed by atoms with Crippen LogP contribution in [0.4, 0.5) is 0 Å². The number of benzene rings is 2. The maximum Gasteiger partial charge on any atom is 0.220 e. The SMILES string of the molecule is CC(CN1CCC(Cc2ccccc2)CC1)Oc1ccc2c(c1)=NC(=S)N=2. The molecule has 140 valence electrons. The van der Waals surface area contributed by atoms with Crippen molar-refractivity contribution in [2.45, 2.75) is 32.3 Å². The fourth-order valence-electron chi connectivity index (χ4n) is 3.95. The monoisotopic (exact) mass is 379 g/mol. The van der Waals surface area contributed by atoms with Crippen LogP contribution in [0, 0.1) is 5.92 Å². The highest BCUT2D eigenvalue weighted by atomic mass is 32.1. The van der Waals surface area contributed by atoms with Crippen molar-refractivity contribution in [3.05, 3.63) is 64.8 Å². The number of thiocarbonyl (C=S) groups is 1. The van der Waals surface area contributed by atoms with Crippen molar-refractivity contribution in [1.29, 1.82) is 0 Å². The molecule has 0 N–H and O–H groups in total. The van der Waals surface area contributed by atoms with E-state index in [2.05, 4.69) is 52.1 Å². The molecule has 1 saturated heterocycles. The van der Waals surface area contributed by atoms with Crippen LogP contribution >= 0.6 is 12.2 Å². The number of likely N-dealkylation sites (tertiary alicyclic amines) is 1. The van der Waals surface area contributed by atoms with Crippen molar-refractivity contribution in [3.8, 4) is 5.75 Å². The first-order chi connectivity index (χ1) is 13.2. The van der Waals surface area contributed by atoms with Gasteiger partial charge >= 0.3 is 0 Å². The molecule has 1 atom stereocenters. The van der Waals surface area contributed by atoms with Gasteiger partial charge in [0.15, 0.2) is 0 Å².